The zero-order valence-electron chi connectivity index (χ0n) is 27.6. The average molecular weight is 638 g/mol. The molecule has 0 aromatic heterocycles. The van der Waals surface area contributed by atoms with E-state index in [0.717, 1.165) is 55.9 Å². The lowest BCUT2D eigenvalue weighted by Gasteiger charge is -2.61. The molecule has 2 bridgehead atoms. The molecule has 1 aliphatic heterocycles. The van der Waals surface area contributed by atoms with E-state index < -0.39 is 23.0 Å². The van der Waals surface area contributed by atoms with Crippen LogP contribution in [0.15, 0.2) is 46.9 Å². The van der Waals surface area contributed by atoms with Crippen LogP contribution in [0.2, 0.25) is 0 Å². The third-order valence-electron chi connectivity index (χ3n) is 11.9. The monoisotopic (exact) mass is 637 g/mol. The molecule has 10 heteroatoms. The number of carbonyl (C=O) groups is 2. The van der Waals surface area contributed by atoms with Crippen molar-refractivity contribution in [2.24, 2.45) is 39.1 Å². The second-order valence-corrected chi connectivity index (χ2v) is 15.3. The molecule has 9 nitrogen and oxygen atoms in total. The van der Waals surface area contributed by atoms with Crippen LogP contribution in [0.4, 0.5) is 0 Å². The number of ether oxygens (including phenoxy) is 1. The van der Waals surface area contributed by atoms with Crippen LogP contribution in [0.25, 0.3) is 0 Å². The number of hydrogen-bond donors (Lipinski definition) is 3. The lowest BCUT2D eigenvalue weighted by molar-refractivity contribution is -0.205. The van der Waals surface area contributed by atoms with Gasteiger partial charge in [-0.15, -0.1) is 18.3 Å². The molecule has 4 fully saturated rings. The van der Waals surface area contributed by atoms with Crippen LogP contribution in [-0.4, -0.2) is 90.1 Å². The number of hydrogen-bond acceptors (Lipinski definition) is 8. The van der Waals surface area contributed by atoms with Crippen molar-refractivity contribution in [2.45, 2.75) is 76.9 Å². The number of nitrogens with zero attached hydrogens (tertiary/aromatic N) is 3. The Morgan fingerprint density at radius 3 is 2.73 bits per heavy atom. The standard InChI is InChI=1S/C35H51N5O4S/c1-7-33(4)20-28(34(5)23(2)11-13-35(24(3)31(33)43)14-12-27(41)30(34)35)44-29(42)22-45-26-10-8-9-25(19-26)21-38-39(6)32(36)40-17-15-37-16-18-40/h7-10,19,21,23-24,28,30-31,36-37,43H,1,11-18,20,22H2,2-6H3/b36-32?,38-21+/t23?,24-,28+,30?,31-,33+,34-,35?/m0/s1. The lowest BCUT2D eigenvalue weighted by atomic mass is 9.44. The molecule has 1 saturated heterocycles. The van der Waals surface area contributed by atoms with Crippen LogP contribution < -0.4 is 5.32 Å². The Kier molecular flexibility index (Phi) is 9.88. The molecular weight excluding hydrogens is 586 g/mol. The van der Waals surface area contributed by atoms with Gasteiger partial charge in [-0.05, 0) is 60.6 Å². The first kappa shape index (κ1) is 33.7. The predicted molar refractivity (Wildman–Crippen MR) is 179 cm³/mol. The van der Waals surface area contributed by atoms with Gasteiger partial charge >= 0.3 is 5.97 Å². The number of ketones is 1. The molecule has 246 valence electrons. The molecule has 8 atom stereocenters. The smallest absolute Gasteiger partial charge is 0.316 e. The van der Waals surface area contributed by atoms with Crippen molar-refractivity contribution in [3.05, 3.63) is 42.5 Å². The van der Waals surface area contributed by atoms with Gasteiger partial charge in [-0.2, -0.15) is 5.10 Å². The largest absolute Gasteiger partial charge is 0.461 e. The van der Waals surface area contributed by atoms with E-state index in [0.29, 0.717) is 18.8 Å². The Balaban J connectivity index is 1.30. The molecule has 45 heavy (non-hydrogen) atoms. The highest BCUT2D eigenvalue weighted by Gasteiger charge is 2.68. The SMILES string of the molecule is C=C[C@]1(C)C[C@@H](OC(=O)CSc2cccc(/C=N/N(C)C(=N)N3CCNCC3)c2)[C@]2(C)C(C)CCC3(CCC(=O)C32)[C@@H](C)[C@@H]1O. The summed E-state index contributed by atoms with van der Waals surface area (Å²) < 4.78 is 6.40. The van der Waals surface area contributed by atoms with Gasteiger partial charge in [0.2, 0.25) is 5.96 Å². The van der Waals surface area contributed by atoms with Crippen LogP contribution in [0.1, 0.15) is 65.4 Å². The summed E-state index contributed by atoms with van der Waals surface area (Å²) in [6, 6.07) is 7.81. The molecule has 4 aliphatic rings. The van der Waals surface area contributed by atoms with Crippen molar-refractivity contribution in [2.75, 3.05) is 39.0 Å². The number of esters is 1. The predicted octanol–water partition coefficient (Wildman–Crippen LogP) is 4.79. The molecule has 0 amide bonds. The normalized spacial score (nSPS) is 36.6. The van der Waals surface area contributed by atoms with Crippen molar-refractivity contribution in [3.63, 3.8) is 0 Å². The molecular formula is C35H51N5O4S. The van der Waals surface area contributed by atoms with E-state index in [4.69, 9.17) is 10.1 Å². The molecule has 5 rings (SSSR count). The first-order valence-corrected chi connectivity index (χ1v) is 17.4. The minimum Gasteiger partial charge on any atom is -0.461 e. The Labute approximate surface area is 272 Å². The highest BCUT2D eigenvalue weighted by molar-refractivity contribution is 8.00. The minimum absolute atomic E-state index is 0.0563. The van der Waals surface area contributed by atoms with Gasteiger partial charge < -0.3 is 20.1 Å². The number of benzene rings is 1. The topological polar surface area (TPSA) is 118 Å². The molecule has 3 aliphatic carbocycles. The van der Waals surface area contributed by atoms with Gasteiger partial charge in [0.15, 0.2) is 0 Å². The number of aliphatic hydroxyl groups is 1. The fraction of sp³-hybridized carbons (Fsp3) is 0.657. The Morgan fingerprint density at radius 1 is 1.29 bits per heavy atom. The summed E-state index contributed by atoms with van der Waals surface area (Å²) in [4.78, 5) is 30.1. The number of nitrogens with one attached hydrogen (secondary N) is 2. The van der Waals surface area contributed by atoms with E-state index in [1.165, 1.54) is 11.8 Å². The van der Waals surface area contributed by atoms with Crippen LogP contribution >= 0.6 is 11.8 Å². The summed E-state index contributed by atoms with van der Waals surface area (Å²) in [7, 11) is 1.78. The molecule has 1 aromatic rings. The zero-order chi connectivity index (χ0) is 32.6. The second-order valence-electron chi connectivity index (χ2n) is 14.3. The van der Waals surface area contributed by atoms with Gasteiger partial charge in [0, 0.05) is 61.3 Å². The maximum absolute atomic E-state index is 13.6. The quantitative estimate of drug-likeness (QED) is 0.0976. The number of hydrazone groups is 1. The highest BCUT2D eigenvalue weighted by Crippen LogP contribution is 2.68. The summed E-state index contributed by atoms with van der Waals surface area (Å²) in [5.74, 6) is 0.331. The second kappa shape index (κ2) is 13.2. The molecule has 1 heterocycles. The number of Topliss-reactive ketones (excluding diaryl/α,β-unsaturated/α-hetero) is 1. The van der Waals surface area contributed by atoms with Gasteiger partial charge in [-0.1, -0.05) is 45.9 Å². The van der Waals surface area contributed by atoms with E-state index in [2.05, 4.69) is 37.8 Å². The summed E-state index contributed by atoms with van der Waals surface area (Å²) in [6.07, 6.45) is 5.96. The number of thioether (sulfide) groups is 1. The number of piperazine rings is 1. The molecule has 1 aromatic carbocycles. The van der Waals surface area contributed by atoms with Crippen LogP contribution in [0.5, 0.6) is 0 Å². The highest BCUT2D eigenvalue weighted by atomic mass is 32.2. The maximum atomic E-state index is 13.6. The van der Waals surface area contributed by atoms with Crippen LogP contribution in [-0.2, 0) is 14.3 Å². The summed E-state index contributed by atoms with van der Waals surface area (Å²) in [6.45, 7) is 15.9. The van der Waals surface area contributed by atoms with E-state index in [1.54, 1.807) is 18.3 Å². The van der Waals surface area contributed by atoms with E-state index in [1.807, 2.05) is 42.2 Å². The number of guanidine groups is 1. The van der Waals surface area contributed by atoms with E-state index in [-0.39, 0.29) is 40.7 Å². The average Bonchev–Trinajstić information content (AvgIpc) is 3.41. The first-order chi connectivity index (χ1) is 21.4. The van der Waals surface area contributed by atoms with Crippen molar-refractivity contribution in [3.8, 4) is 0 Å². The van der Waals surface area contributed by atoms with E-state index >= 15 is 0 Å². The van der Waals surface area contributed by atoms with Crippen molar-refractivity contribution in [1.29, 1.82) is 5.41 Å². The first-order valence-electron chi connectivity index (χ1n) is 16.4. The van der Waals surface area contributed by atoms with E-state index in [9.17, 15) is 14.7 Å². The lowest BCUT2D eigenvalue weighted by Crippen LogP contribution is -2.63. The molecule has 3 N–H and O–H groups in total. The molecule has 3 saturated carbocycles. The van der Waals surface area contributed by atoms with Crippen molar-refractivity contribution >= 4 is 35.7 Å². The number of aliphatic hydroxyl groups excluding tert-OH is 1. The Morgan fingerprint density at radius 2 is 2.02 bits per heavy atom. The third-order valence-corrected chi connectivity index (χ3v) is 12.9. The Hall–Kier alpha value is -2.69. The zero-order valence-corrected chi connectivity index (χ0v) is 28.4. The summed E-state index contributed by atoms with van der Waals surface area (Å²) >= 11 is 1.41. The minimum atomic E-state index is -0.680. The summed E-state index contributed by atoms with van der Waals surface area (Å²) in [5.41, 5.74) is -0.591. The molecule has 0 radical (unpaired) electrons. The summed E-state index contributed by atoms with van der Waals surface area (Å²) in [5, 5.41) is 29.5. The van der Waals surface area contributed by atoms with Gasteiger partial charge in [0.1, 0.15) is 11.9 Å². The van der Waals surface area contributed by atoms with Crippen molar-refractivity contribution in [1.82, 2.24) is 15.2 Å². The fourth-order valence-corrected chi connectivity index (χ4v) is 9.56. The fourth-order valence-electron chi connectivity index (χ4n) is 8.81. The van der Waals surface area contributed by atoms with Gasteiger partial charge in [0.05, 0.1) is 18.1 Å². The maximum Gasteiger partial charge on any atom is 0.316 e. The number of carbonyl (C=O) groups excluding carboxylic acids is 2. The van der Waals surface area contributed by atoms with Gasteiger partial charge in [-0.3, -0.25) is 15.0 Å². The molecule has 0 spiro atoms. The van der Waals surface area contributed by atoms with Crippen LogP contribution in [0.3, 0.4) is 0 Å². The number of rotatable bonds is 7. The van der Waals surface area contributed by atoms with Gasteiger partial charge in [0.25, 0.3) is 0 Å². The van der Waals surface area contributed by atoms with Gasteiger partial charge in [-0.25, -0.2) is 5.01 Å². The van der Waals surface area contributed by atoms with Crippen molar-refractivity contribution < 1.29 is 19.4 Å². The Bertz CT molecular complexity index is 1330. The molecule has 3 unspecified atom stereocenters. The third kappa shape index (κ3) is 6.22. The van der Waals surface area contributed by atoms with Crippen LogP contribution in [0, 0.1) is 39.4 Å².